The number of ether oxygens (including phenoxy) is 1. The van der Waals surface area contributed by atoms with Gasteiger partial charge in [0, 0.05) is 42.5 Å². The smallest absolute Gasteiger partial charge is 0.0794 e. The lowest BCUT2D eigenvalue weighted by atomic mass is 10.2. The highest BCUT2D eigenvalue weighted by atomic mass is 32.1. The minimum absolute atomic E-state index is 0.729. The van der Waals surface area contributed by atoms with E-state index >= 15 is 0 Å². The third-order valence-corrected chi connectivity index (χ3v) is 3.87. The van der Waals surface area contributed by atoms with Crippen LogP contribution in [-0.4, -0.2) is 35.0 Å². The summed E-state index contributed by atoms with van der Waals surface area (Å²) in [5.74, 6) is 0. The number of hydrogen-bond acceptors (Lipinski definition) is 5. The van der Waals surface area contributed by atoms with Gasteiger partial charge < -0.3 is 10.1 Å². The first-order valence-electron chi connectivity index (χ1n) is 6.32. The summed E-state index contributed by atoms with van der Waals surface area (Å²) in [4.78, 5) is 5.32. The van der Waals surface area contributed by atoms with Crippen LogP contribution in [0, 0.1) is 13.8 Å². The summed E-state index contributed by atoms with van der Waals surface area (Å²) < 4.78 is 7.08. The van der Waals surface area contributed by atoms with E-state index in [4.69, 9.17) is 4.74 Å². The first-order valence-corrected chi connectivity index (χ1v) is 7.20. The molecule has 5 nitrogen and oxygen atoms in total. The Bertz CT molecular complexity index is 507. The SMILES string of the molecule is COCCNCc1c(C)nn(Cc2cncs2)c1C. The molecule has 19 heavy (non-hydrogen) atoms. The molecule has 2 heterocycles. The highest BCUT2D eigenvalue weighted by Crippen LogP contribution is 2.15. The maximum atomic E-state index is 5.03. The van der Waals surface area contributed by atoms with Gasteiger partial charge in [-0.1, -0.05) is 0 Å². The van der Waals surface area contributed by atoms with Crippen molar-refractivity contribution in [1.82, 2.24) is 20.1 Å². The van der Waals surface area contributed by atoms with Gasteiger partial charge in [0.15, 0.2) is 0 Å². The third-order valence-electron chi connectivity index (χ3n) is 3.11. The van der Waals surface area contributed by atoms with Crippen LogP contribution in [0.5, 0.6) is 0 Å². The molecule has 2 rings (SSSR count). The number of aryl methyl sites for hydroxylation is 1. The molecule has 0 fully saturated rings. The van der Waals surface area contributed by atoms with E-state index in [-0.39, 0.29) is 0 Å². The topological polar surface area (TPSA) is 52.0 Å². The van der Waals surface area contributed by atoms with Crippen molar-refractivity contribution < 1.29 is 4.74 Å². The Labute approximate surface area is 117 Å². The Morgan fingerprint density at radius 1 is 1.42 bits per heavy atom. The number of hydrogen-bond donors (Lipinski definition) is 1. The first kappa shape index (κ1) is 14.2. The van der Waals surface area contributed by atoms with E-state index in [0.29, 0.717) is 0 Å². The molecule has 0 unspecified atom stereocenters. The molecule has 1 N–H and O–H groups in total. The number of thiazole rings is 1. The lowest BCUT2D eigenvalue weighted by Gasteiger charge is -2.05. The molecule has 0 aromatic carbocycles. The average molecular weight is 280 g/mol. The van der Waals surface area contributed by atoms with Gasteiger partial charge in [-0.05, 0) is 13.8 Å². The van der Waals surface area contributed by atoms with Crippen molar-refractivity contribution in [1.29, 1.82) is 0 Å². The molecule has 0 spiro atoms. The fourth-order valence-electron chi connectivity index (χ4n) is 2.00. The molecule has 0 bridgehead atoms. The quantitative estimate of drug-likeness (QED) is 0.785. The molecule has 104 valence electrons. The van der Waals surface area contributed by atoms with Crippen molar-refractivity contribution in [2.45, 2.75) is 26.9 Å². The zero-order valence-electron chi connectivity index (χ0n) is 11.6. The summed E-state index contributed by atoms with van der Waals surface area (Å²) in [7, 11) is 1.71. The lowest BCUT2D eigenvalue weighted by Crippen LogP contribution is -2.19. The Hall–Kier alpha value is -1.24. The second-order valence-corrected chi connectivity index (χ2v) is 5.42. The maximum Gasteiger partial charge on any atom is 0.0794 e. The van der Waals surface area contributed by atoms with Crippen LogP contribution >= 0.6 is 11.3 Å². The van der Waals surface area contributed by atoms with E-state index < -0.39 is 0 Å². The van der Waals surface area contributed by atoms with E-state index in [0.717, 1.165) is 31.9 Å². The molecule has 0 amide bonds. The zero-order chi connectivity index (χ0) is 13.7. The van der Waals surface area contributed by atoms with Gasteiger partial charge in [0.1, 0.15) is 0 Å². The van der Waals surface area contributed by atoms with E-state index in [9.17, 15) is 0 Å². The van der Waals surface area contributed by atoms with Gasteiger partial charge in [0.25, 0.3) is 0 Å². The fourth-order valence-corrected chi connectivity index (χ4v) is 2.57. The number of nitrogens with one attached hydrogen (secondary N) is 1. The summed E-state index contributed by atoms with van der Waals surface area (Å²) in [5.41, 5.74) is 5.44. The van der Waals surface area contributed by atoms with Crippen LogP contribution in [0.2, 0.25) is 0 Å². The second-order valence-electron chi connectivity index (χ2n) is 4.44. The van der Waals surface area contributed by atoms with Crippen molar-refractivity contribution in [2.24, 2.45) is 0 Å². The van der Waals surface area contributed by atoms with Gasteiger partial charge in [0.05, 0.1) is 24.4 Å². The number of methoxy groups -OCH3 is 1. The Balaban J connectivity index is 2.02. The van der Waals surface area contributed by atoms with Gasteiger partial charge >= 0.3 is 0 Å². The molecule has 2 aromatic rings. The summed E-state index contributed by atoms with van der Waals surface area (Å²) in [5, 5.41) is 7.98. The molecule has 0 saturated heterocycles. The highest BCUT2D eigenvalue weighted by molar-refractivity contribution is 7.09. The predicted molar refractivity (Wildman–Crippen MR) is 76.5 cm³/mol. The van der Waals surface area contributed by atoms with Crippen LogP contribution in [0.4, 0.5) is 0 Å². The van der Waals surface area contributed by atoms with Crippen LogP contribution in [0.3, 0.4) is 0 Å². The monoisotopic (exact) mass is 280 g/mol. The molecule has 0 aliphatic rings. The van der Waals surface area contributed by atoms with Crippen LogP contribution < -0.4 is 5.32 Å². The highest BCUT2D eigenvalue weighted by Gasteiger charge is 2.11. The number of rotatable bonds is 7. The molecular weight excluding hydrogens is 260 g/mol. The maximum absolute atomic E-state index is 5.03. The first-order chi connectivity index (χ1) is 9.22. The molecule has 0 aliphatic carbocycles. The van der Waals surface area contributed by atoms with E-state index in [1.807, 2.05) is 11.7 Å². The summed E-state index contributed by atoms with van der Waals surface area (Å²) >= 11 is 1.66. The van der Waals surface area contributed by atoms with Crippen molar-refractivity contribution in [3.05, 3.63) is 33.5 Å². The van der Waals surface area contributed by atoms with Crippen molar-refractivity contribution >= 4 is 11.3 Å². The standard InChI is InChI=1S/C13H20N4OS/c1-10-13(7-14-4-5-18-3)11(2)17(16-10)8-12-6-15-9-19-12/h6,9,14H,4-5,7-8H2,1-3H3. The molecule has 2 aromatic heterocycles. The van der Waals surface area contributed by atoms with Gasteiger partial charge in [0.2, 0.25) is 0 Å². The third kappa shape index (κ3) is 3.62. The zero-order valence-corrected chi connectivity index (χ0v) is 12.5. The Morgan fingerprint density at radius 2 is 2.26 bits per heavy atom. The van der Waals surface area contributed by atoms with Crippen LogP contribution in [0.25, 0.3) is 0 Å². The van der Waals surface area contributed by atoms with Gasteiger partial charge in [-0.2, -0.15) is 5.10 Å². The Morgan fingerprint density at radius 3 is 2.95 bits per heavy atom. The minimum Gasteiger partial charge on any atom is -0.383 e. The van der Waals surface area contributed by atoms with Crippen molar-refractivity contribution in [3.63, 3.8) is 0 Å². The van der Waals surface area contributed by atoms with Crippen LogP contribution in [0.1, 0.15) is 21.8 Å². The van der Waals surface area contributed by atoms with Gasteiger partial charge in [-0.3, -0.25) is 9.67 Å². The number of aromatic nitrogens is 3. The fraction of sp³-hybridized carbons (Fsp3) is 0.538. The van der Waals surface area contributed by atoms with E-state index in [1.165, 1.54) is 16.1 Å². The van der Waals surface area contributed by atoms with Gasteiger partial charge in [-0.25, -0.2) is 0 Å². The van der Waals surface area contributed by atoms with E-state index in [1.54, 1.807) is 18.4 Å². The molecule has 0 saturated carbocycles. The summed E-state index contributed by atoms with van der Waals surface area (Å²) in [6, 6.07) is 0. The second kappa shape index (κ2) is 6.79. The summed E-state index contributed by atoms with van der Waals surface area (Å²) in [6.07, 6.45) is 1.90. The average Bonchev–Trinajstić information content (AvgIpc) is 2.98. The normalized spacial score (nSPS) is 11.1. The molecular formula is C13H20N4OS. The largest absolute Gasteiger partial charge is 0.383 e. The number of nitrogens with zero attached hydrogens (tertiary/aromatic N) is 3. The van der Waals surface area contributed by atoms with E-state index in [2.05, 4.69) is 33.9 Å². The lowest BCUT2D eigenvalue weighted by molar-refractivity contribution is 0.199. The summed E-state index contributed by atoms with van der Waals surface area (Å²) in [6.45, 7) is 7.40. The molecule has 0 aliphatic heterocycles. The van der Waals surface area contributed by atoms with Crippen molar-refractivity contribution in [2.75, 3.05) is 20.3 Å². The van der Waals surface area contributed by atoms with Gasteiger partial charge in [-0.15, -0.1) is 11.3 Å². The molecule has 6 heteroatoms. The van der Waals surface area contributed by atoms with Crippen LogP contribution in [-0.2, 0) is 17.8 Å². The Kier molecular flexibility index (Phi) is 5.07. The molecule has 0 atom stereocenters. The van der Waals surface area contributed by atoms with Crippen molar-refractivity contribution in [3.8, 4) is 0 Å². The minimum atomic E-state index is 0.729. The predicted octanol–water partition coefficient (Wildman–Crippen LogP) is 1.74. The van der Waals surface area contributed by atoms with Crippen LogP contribution in [0.15, 0.2) is 11.7 Å². The molecule has 0 radical (unpaired) electrons.